The van der Waals surface area contributed by atoms with Crippen molar-refractivity contribution in [3.8, 4) is 0 Å². The van der Waals surface area contributed by atoms with Crippen LogP contribution in [0.1, 0.15) is 18.4 Å². The summed E-state index contributed by atoms with van der Waals surface area (Å²) in [5.41, 5.74) is 0.680. The molecule has 1 aromatic rings. The molecule has 2 rings (SSSR count). The Balaban J connectivity index is 2.11. The third-order valence-corrected chi connectivity index (χ3v) is 4.87. The fraction of sp³-hybridized carbons (Fsp3) is 0.214. The average molecular weight is 404 g/mol. The quantitative estimate of drug-likeness (QED) is 0.600. The molecule has 0 atom stereocenters. The number of nitrogens with zero attached hydrogens (tertiary/aromatic N) is 1. The fourth-order valence-corrected chi connectivity index (χ4v) is 3.54. The molecule has 1 amide bonds. The molecular formula is C14H11BrFNO3S2. The Bertz CT molecular complexity index is 678. The highest BCUT2D eigenvalue weighted by Crippen LogP contribution is 2.33. The standard InChI is InChI=1S/C14H11BrFNO3S2/c15-9-6-8(3-4-10(9)16)7-11-13(20)17(14(21)22-11)5-1-2-12(18)19/h3-4,6-7H,1-2,5H2,(H,18,19)/b11-7+. The third kappa shape index (κ3) is 4.15. The van der Waals surface area contributed by atoms with E-state index in [2.05, 4.69) is 15.9 Å². The van der Waals surface area contributed by atoms with Crippen LogP contribution in [0.25, 0.3) is 6.08 Å². The van der Waals surface area contributed by atoms with E-state index in [4.69, 9.17) is 17.3 Å². The first-order chi connectivity index (χ1) is 10.4. The SMILES string of the molecule is O=C(O)CCCN1C(=O)/C(=C\c2ccc(F)c(Br)c2)SC1=S. The number of hydrogen-bond donors (Lipinski definition) is 1. The summed E-state index contributed by atoms with van der Waals surface area (Å²) in [6.07, 6.45) is 1.97. The van der Waals surface area contributed by atoms with Gasteiger partial charge in [-0.3, -0.25) is 14.5 Å². The van der Waals surface area contributed by atoms with E-state index >= 15 is 0 Å². The molecular weight excluding hydrogens is 393 g/mol. The Kier molecular flexibility index (Phi) is 5.71. The summed E-state index contributed by atoms with van der Waals surface area (Å²) in [7, 11) is 0. The Morgan fingerprint density at radius 2 is 2.23 bits per heavy atom. The molecule has 22 heavy (non-hydrogen) atoms. The molecule has 0 spiro atoms. The molecule has 4 nitrogen and oxygen atoms in total. The predicted molar refractivity (Wildman–Crippen MR) is 90.8 cm³/mol. The van der Waals surface area contributed by atoms with Gasteiger partial charge in [-0.1, -0.05) is 30.0 Å². The van der Waals surface area contributed by atoms with E-state index in [1.165, 1.54) is 11.0 Å². The number of carboxylic acid groups (broad SMARTS) is 1. The van der Waals surface area contributed by atoms with Crippen molar-refractivity contribution in [2.75, 3.05) is 6.54 Å². The highest BCUT2D eigenvalue weighted by molar-refractivity contribution is 9.10. The molecule has 0 saturated carbocycles. The lowest BCUT2D eigenvalue weighted by Crippen LogP contribution is -2.29. The fourth-order valence-electron chi connectivity index (χ4n) is 1.83. The molecule has 1 saturated heterocycles. The zero-order valence-corrected chi connectivity index (χ0v) is 14.4. The molecule has 1 fully saturated rings. The van der Waals surface area contributed by atoms with Gasteiger partial charge in [0.05, 0.1) is 9.38 Å². The smallest absolute Gasteiger partial charge is 0.303 e. The number of thiocarbonyl (C=S) groups is 1. The lowest BCUT2D eigenvalue weighted by Gasteiger charge is -2.13. The number of benzene rings is 1. The maximum Gasteiger partial charge on any atom is 0.303 e. The average Bonchev–Trinajstić information content (AvgIpc) is 2.70. The summed E-state index contributed by atoms with van der Waals surface area (Å²) in [5, 5.41) is 8.63. The van der Waals surface area contributed by atoms with Gasteiger partial charge < -0.3 is 5.11 Å². The number of halogens is 2. The van der Waals surface area contributed by atoms with Crippen LogP contribution >= 0.6 is 39.9 Å². The first kappa shape index (κ1) is 17.1. The van der Waals surface area contributed by atoms with E-state index < -0.39 is 5.97 Å². The second kappa shape index (κ2) is 7.34. The molecule has 1 N–H and O–H groups in total. The second-order valence-electron chi connectivity index (χ2n) is 4.50. The zero-order chi connectivity index (χ0) is 16.3. The molecule has 1 heterocycles. The Morgan fingerprint density at radius 1 is 1.50 bits per heavy atom. The van der Waals surface area contributed by atoms with Gasteiger partial charge in [0.1, 0.15) is 10.1 Å². The van der Waals surface area contributed by atoms with Crippen molar-refractivity contribution in [2.45, 2.75) is 12.8 Å². The third-order valence-electron chi connectivity index (χ3n) is 2.89. The Morgan fingerprint density at radius 3 is 2.86 bits per heavy atom. The molecule has 116 valence electrons. The maximum absolute atomic E-state index is 13.2. The first-order valence-electron chi connectivity index (χ1n) is 6.30. The van der Waals surface area contributed by atoms with Crippen LogP contribution in [0, 0.1) is 5.82 Å². The van der Waals surface area contributed by atoms with Gasteiger partial charge in [0.15, 0.2) is 0 Å². The molecule has 0 unspecified atom stereocenters. The van der Waals surface area contributed by atoms with Crippen molar-refractivity contribution < 1.29 is 19.1 Å². The van der Waals surface area contributed by atoms with Gasteiger partial charge in [-0.05, 0) is 46.1 Å². The number of rotatable bonds is 5. The van der Waals surface area contributed by atoms with Crippen molar-refractivity contribution in [1.82, 2.24) is 4.90 Å². The van der Waals surface area contributed by atoms with Gasteiger partial charge in [-0.25, -0.2) is 4.39 Å². The van der Waals surface area contributed by atoms with Gasteiger partial charge in [-0.15, -0.1) is 0 Å². The monoisotopic (exact) mass is 403 g/mol. The van der Waals surface area contributed by atoms with Gasteiger partial charge in [0.2, 0.25) is 0 Å². The van der Waals surface area contributed by atoms with E-state index in [0.717, 1.165) is 11.8 Å². The van der Waals surface area contributed by atoms with Crippen LogP contribution in [0.4, 0.5) is 4.39 Å². The van der Waals surface area contributed by atoms with Crippen molar-refractivity contribution >= 4 is 62.2 Å². The van der Waals surface area contributed by atoms with Crippen molar-refractivity contribution in [1.29, 1.82) is 0 Å². The van der Waals surface area contributed by atoms with Crippen molar-refractivity contribution in [3.63, 3.8) is 0 Å². The summed E-state index contributed by atoms with van der Waals surface area (Å²) in [6, 6.07) is 4.45. The molecule has 0 radical (unpaired) electrons. The van der Waals surface area contributed by atoms with Gasteiger partial charge >= 0.3 is 5.97 Å². The summed E-state index contributed by atoms with van der Waals surface area (Å²) >= 11 is 9.40. The van der Waals surface area contributed by atoms with Crippen LogP contribution in [0.2, 0.25) is 0 Å². The van der Waals surface area contributed by atoms with Crippen LogP contribution in [0.15, 0.2) is 27.6 Å². The number of carboxylic acids is 1. The molecule has 0 aliphatic carbocycles. The van der Waals surface area contributed by atoms with Crippen LogP contribution in [-0.2, 0) is 9.59 Å². The molecule has 1 aliphatic heterocycles. The predicted octanol–water partition coefficient (Wildman–Crippen LogP) is 3.65. The number of thioether (sulfide) groups is 1. The van der Waals surface area contributed by atoms with E-state index in [1.54, 1.807) is 18.2 Å². The summed E-state index contributed by atoms with van der Waals surface area (Å²) in [4.78, 5) is 24.6. The highest BCUT2D eigenvalue weighted by atomic mass is 79.9. The molecule has 0 aromatic heterocycles. The lowest BCUT2D eigenvalue weighted by atomic mass is 10.2. The molecule has 8 heteroatoms. The maximum atomic E-state index is 13.2. The van der Waals surface area contributed by atoms with Crippen LogP contribution in [0.3, 0.4) is 0 Å². The summed E-state index contributed by atoms with van der Waals surface area (Å²) in [6.45, 7) is 0.279. The molecule has 0 bridgehead atoms. The highest BCUT2D eigenvalue weighted by Gasteiger charge is 2.31. The summed E-state index contributed by atoms with van der Waals surface area (Å²) < 4.78 is 13.9. The van der Waals surface area contributed by atoms with E-state index in [1.807, 2.05) is 0 Å². The Labute approximate surface area is 144 Å². The van der Waals surface area contributed by atoms with Crippen molar-refractivity contribution in [3.05, 3.63) is 39.0 Å². The van der Waals surface area contributed by atoms with E-state index in [-0.39, 0.29) is 24.7 Å². The molecule has 1 aliphatic rings. The zero-order valence-electron chi connectivity index (χ0n) is 11.2. The largest absolute Gasteiger partial charge is 0.481 e. The van der Waals surface area contributed by atoms with E-state index in [0.29, 0.717) is 25.7 Å². The first-order valence-corrected chi connectivity index (χ1v) is 8.32. The second-order valence-corrected chi connectivity index (χ2v) is 7.03. The lowest BCUT2D eigenvalue weighted by molar-refractivity contribution is -0.137. The van der Waals surface area contributed by atoms with Crippen LogP contribution < -0.4 is 0 Å². The Hall–Kier alpha value is -1.25. The number of amides is 1. The number of hydrogen-bond acceptors (Lipinski definition) is 4. The van der Waals surface area contributed by atoms with Gasteiger partial charge in [-0.2, -0.15) is 0 Å². The van der Waals surface area contributed by atoms with Crippen LogP contribution in [-0.4, -0.2) is 32.7 Å². The molecule has 1 aromatic carbocycles. The van der Waals surface area contributed by atoms with Crippen LogP contribution in [0.5, 0.6) is 0 Å². The number of carbonyl (C=O) groups is 2. The minimum absolute atomic E-state index is 0.0129. The number of carbonyl (C=O) groups excluding carboxylic acids is 1. The minimum Gasteiger partial charge on any atom is -0.481 e. The van der Waals surface area contributed by atoms with E-state index in [9.17, 15) is 14.0 Å². The van der Waals surface area contributed by atoms with Gasteiger partial charge in [0.25, 0.3) is 5.91 Å². The normalized spacial score (nSPS) is 16.6. The van der Waals surface area contributed by atoms with Gasteiger partial charge in [0, 0.05) is 13.0 Å². The number of aliphatic carboxylic acids is 1. The summed E-state index contributed by atoms with van der Waals surface area (Å²) in [5.74, 6) is -1.53. The van der Waals surface area contributed by atoms with Crippen molar-refractivity contribution in [2.24, 2.45) is 0 Å². The minimum atomic E-state index is -0.905. The topological polar surface area (TPSA) is 57.6 Å².